The molecule has 0 aromatic heterocycles. The largest absolute Gasteiger partial charge is 0.417 e. The fraction of sp³-hybridized carbons (Fsp3) is 0.385. The number of anilines is 1. The van der Waals surface area contributed by atoms with Gasteiger partial charge in [-0.1, -0.05) is 11.6 Å². The first kappa shape index (κ1) is 15.6. The van der Waals surface area contributed by atoms with Crippen molar-refractivity contribution in [2.75, 3.05) is 11.9 Å². The van der Waals surface area contributed by atoms with Crippen LogP contribution in [0.25, 0.3) is 0 Å². The van der Waals surface area contributed by atoms with Crippen LogP contribution in [-0.4, -0.2) is 18.4 Å². The zero-order chi connectivity index (χ0) is 15.8. The van der Waals surface area contributed by atoms with Gasteiger partial charge in [-0.05, 0) is 25.1 Å². The Morgan fingerprint density at radius 2 is 2.10 bits per heavy atom. The number of hydrogen-bond donors (Lipinski definition) is 2. The number of carbonyl (C=O) groups is 2. The second kappa shape index (κ2) is 5.22. The van der Waals surface area contributed by atoms with Gasteiger partial charge in [0.1, 0.15) is 0 Å². The van der Waals surface area contributed by atoms with Crippen LogP contribution in [0, 0.1) is 5.41 Å². The van der Waals surface area contributed by atoms with Gasteiger partial charge in [0.25, 0.3) is 0 Å². The van der Waals surface area contributed by atoms with E-state index in [1.807, 2.05) is 0 Å². The number of benzene rings is 1. The van der Waals surface area contributed by atoms with E-state index in [9.17, 15) is 22.8 Å². The molecular formula is C13H12ClF3N2O2. The lowest BCUT2D eigenvalue weighted by atomic mass is 9.88. The van der Waals surface area contributed by atoms with Crippen LogP contribution < -0.4 is 10.6 Å². The summed E-state index contributed by atoms with van der Waals surface area (Å²) in [7, 11) is 0. The molecule has 2 N–H and O–H groups in total. The molecule has 2 amide bonds. The van der Waals surface area contributed by atoms with Crippen LogP contribution in [0.5, 0.6) is 0 Å². The normalized spacial score (nSPS) is 22.0. The van der Waals surface area contributed by atoms with Crippen LogP contribution >= 0.6 is 11.6 Å². The number of halogens is 4. The molecule has 8 heteroatoms. The van der Waals surface area contributed by atoms with Gasteiger partial charge in [-0.3, -0.25) is 9.59 Å². The maximum absolute atomic E-state index is 12.7. The smallest absolute Gasteiger partial charge is 0.355 e. The summed E-state index contributed by atoms with van der Waals surface area (Å²) in [4.78, 5) is 23.3. The highest BCUT2D eigenvalue weighted by Gasteiger charge is 2.41. The lowest BCUT2D eigenvalue weighted by Crippen LogP contribution is -2.35. The number of nitrogens with one attached hydrogen (secondary N) is 2. The molecule has 1 aromatic carbocycles. The third-order valence-electron chi connectivity index (χ3n) is 3.30. The zero-order valence-corrected chi connectivity index (χ0v) is 11.7. The van der Waals surface area contributed by atoms with Crippen LogP contribution in [0.15, 0.2) is 18.2 Å². The van der Waals surface area contributed by atoms with Crippen LogP contribution in [0.2, 0.25) is 5.02 Å². The number of hydrogen-bond acceptors (Lipinski definition) is 2. The minimum absolute atomic E-state index is 0.00144. The molecule has 21 heavy (non-hydrogen) atoms. The summed E-state index contributed by atoms with van der Waals surface area (Å²) >= 11 is 5.50. The zero-order valence-electron chi connectivity index (χ0n) is 11.0. The van der Waals surface area contributed by atoms with Crippen LogP contribution in [0.4, 0.5) is 18.9 Å². The summed E-state index contributed by atoms with van der Waals surface area (Å²) in [6.07, 6.45) is -4.61. The molecule has 0 bridgehead atoms. The maximum atomic E-state index is 12.7. The fourth-order valence-corrected chi connectivity index (χ4v) is 2.26. The number of carbonyl (C=O) groups excluding carboxylic acids is 2. The van der Waals surface area contributed by atoms with Gasteiger partial charge in [0, 0.05) is 18.7 Å². The molecule has 1 fully saturated rings. The van der Waals surface area contributed by atoms with Crippen LogP contribution in [0.1, 0.15) is 18.9 Å². The first-order chi connectivity index (χ1) is 9.62. The Balaban J connectivity index is 2.21. The molecule has 0 aliphatic carbocycles. The van der Waals surface area contributed by atoms with Crippen molar-refractivity contribution in [3.8, 4) is 0 Å². The average molecular weight is 321 g/mol. The van der Waals surface area contributed by atoms with Gasteiger partial charge < -0.3 is 10.6 Å². The molecule has 114 valence electrons. The van der Waals surface area contributed by atoms with Crippen molar-refractivity contribution in [1.29, 1.82) is 0 Å². The van der Waals surface area contributed by atoms with Crippen LogP contribution in [0.3, 0.4) is 0 Å². The van der Waals surface area contributed by atoms with E-state index in [1.54, 1.807) is 6.92 Å². The predicted molar refractivity (Wildman–Crippen MR) is 70.8 cm³/mol. The predicted octanol–water partition coefficient (Wildman–Crippen LogP) is 2.82. The molecule has 2 rings (SSSR count). The third-order valence-corrected chi connectivity index (χ3v) is 3.63. The van der Waals surface area contributed by atoms with Crippen molar-refractivity contribution < 1.29 is 22.8 Å². The molecule has 1 heterocycles. The molecular weight excluding hydrogens is 309 g/mol. The summed E-state index contributed by atoms with van der Waals surface area (Å²) in [5.41, 5.74) is -2.01. The van der Waals surface area contributed by atoms with Crippen molar-refractivity contribution in [2.24, 2.45) is 5.41 Å². The fourth-order valence-electron chi connectivity index (χ4n) is 2.04. The van der Waals surface area contributed by atoms with Crippen molar-refractivity contribution in [3.63, 3.8) is 0 Å². The minimum atomic E-state index is -4.60. The molecule has 4 nitrogen and oxygen atoms in total. The highest BCUT2D eigenvalue weighted by atomic mass is 35.5. The van der Waals surface area contributed by atoms with Gasteiger partial charge in [0.05, 0.1) is 16.0 Å². The Kier molecular flexibility index (Phi) is 3.88. The molecule has 1 unspecified atom stereocenters. The van der Waals surface area contributed by atoms with E-state index in [0.717, 1.165) is 12.1 Å². The maximum Gasteiger partial charge on any atom is 0.417 e. The molecule has 1 saturated heterocycles. The Labute approximate surface area is 123 Å². The van der Waals surface area contributed by atoms with E-state index < -0.39 is 28.1 Å². The molecule has 1 atom stereocenters. The minimum Gasteiger partial charge on any atom is -0.355 e. The van der Waals surface area contributed by atoms with Crippen molar-refractivity contribution in [2.45, 2.75) is 19.5 Å². The Morgan fingerprint density at radius 3 is 2.62 bits per heavy atom. The van der Waals surface area contributed by atoms with Crippen molar-refractivity contribution in [3.05, 3.63) is 28.8 Å². The summed E-state index contributed by atoms with van der Waals surface area (Å²) in [5.74, 6) is -0.781. The summed E-state index contributed by atoms with van der Waals surface area (Å²) < 4.78 is 38.2. The lowest BCUT2D eigenvalue weighted by Gasteiger charge is -2.21. The Morgan fingerprint density at radius 1 is 1.43 bits per heavy atom. The monoisotopic (exact) mass is 320 g/mol. The summed E-state index contributed by atoms with van der Waals surface area (Å²) in [6.45, 7) is 1.72. The summed E-state index contributed by atoms with van der Waals surface area (Å²) in [6, 6.07) is 3.12. The molecule has 0 spiro atoms. The van der Waals surface area contributed by atoms with Crippen molar-refractivity contribution in [1.82, 2.24) is 5.32 Å². The lowest BCUT2D eigenvalue weighted by molar-refractivity contribution is -0.137. The standard InChI is InChI=1S/C13H12ClF3N2O2/c1-12(5-10(20)18-6-12)11(21)19-7-2-3-9(14)8(4-7)13(15,16)17/h2-4H,5-6H2,1H3,(H,18,20)(H,19,21). The molecule has 1 aliphatic rings. The second-order valence-corrected chi connectivity index (χ2v) is 5.57. The summed E-state index contributed by atoms with van der Waals surface area (Å²) in [5, 5.41) is 4.48. The first-order valence-corrected chi connectivity index (χ1v) is 6.44. The SMILES string of the molecule is CC1(C(=O)Nc2ccc(Cl)c(C(F)(F)F)c2)CNC(=O)C1. The van der Waals surface area contributed by atoms with Gasteiger partial charge in [0.2, 0.25) is 11.8 Å². The third kappa shape index (κ3) is 3.29. The van der Waals surface area contributed by atoms with E-state index in [2.05, 4.69) is 10.6 Å². The van der Waals surface area contributed by atoms with E-state index >= 15 is 0 Å². The number of rotatable bonds is 2. The van der Waals surface area contributed by atoms with Gasteiger partial charge in [0.15, 0.2) is 0 Å². The van der Waals surface area contributed by atoms with Gasteiger partial charge >= 0.3 is 6.18 Å². The highest BCUT2D eigenvalue weighted by Crippen LogP contribution is 2.36. The highest BCUT2D eigenvalue weighted by molar-refractivity contribution is 6.31. The van der Waals surface area contributed by atoms with E-state index in [4.69, 9.17) is 11.6 Å². The van der Waals surface area contributed by atoms with E-state index in [-0.39, 0.29) is 24.6 Å². The molecule has 1 aliphatic heterocycles. The Hall–Kier alpha value is -1.76. The van der Waals surface area contributed by atoms with Gasteiger partial charge in [-0.2, -0.15) is 13.2 Å². The van der Waals surface area contributed by atoms with Crippen molar-refractivity contribution >= 4 is 29.1 Å². The number of amides is 2. The van der Waals surface area contributed by atoms with E-state index in [0.29, 0.717) is 0 Å². The molecule has 1 aromatic rings. The van der Waals surface area contributed by atoms with Gasteiger partial charge in [-0.25, -0.2) is 0 Å². The first-order valence-electron chi connectivity index (χ1n) is 6.07. The van der Waals surface area contributed by atoms with E-state index in [1.165, 1.54) is 6.07 Å². The second-order valence-electron chi connectivity index (χ2n) is 5.16. The quantitative estimate of drug-likeness (QED) is 0.880. The average Bonchev–Trinajstić information content (AvgIpc) is 2.71. The molecule has 0 radical (unpaired) electrons. The number of alkyl halides is 3. The molecule has 0 saturated carbocycles. The Bertz CT molecular complexity index is 604. The topological polar surface area (TPSA) is 58.2 Å². The van der Waals surface area contributed by atoms with Crippen LogP contribution in [-0.2, 0) is 15.8 Å². The van der Waals surface area contributed by atoms with Gasteiger partial charge in [-0.15, -0.1) is 0 Å².